The Bertz CT molecular complexity index is 558. The van der Waals surface area contributed by atoms with E-state index in [-0.39, 0.29) is 0 Å². The highest BCUT2D eigenvalue weighted by molar-refractivity contribution is 5.81. The van der Waals surface area contributed by atoms with Gasteiger partial charge in [-0.05, 0) is 22.8 Å². The van der Waals surface area contributed by atoms with Crippen molar-refractivity contribution in [2.75, 3.05) is 0 Å². The van der Waals surface area contributed by atoms with Crippen molar-refractivity contribution in [2.45, 2.75) is 74.1 Å². The van der Waals surface area contributed by atoms with Gasteiger partial charge >= 0.3 is 0 Å². The van der Waals surface area contributed by atoms with Gasteiger partial charge in [-0.1, -0.05) is 147 Å². The Morgan fingerprint density at radius 3 is 1.07 bits per heavy atom. The number of hydrogen-bond acceptors (Lipinski definition) is 0. The number of aryl methyl sites for hydroxylation is 1. The van der Waals surface area contributed by atoms with Crippen LogP contribution < -0.4 is 0 Å². The molecule has 0 spiro atoms. The normalized spacial score (nSPS) is 8.41. The first-order chi connectivity index (χ1) is 13.2. The number of fused-ring (bicyclic) bond motifs is 1. The van der Waals surface area contributed by atoms with E-state index in [2.05, 4.69) is 113 Å². The third kappa shape index (κ3) is 15.9. The van der Waals surface area contributed by atoms with Gasteiger partial charge in [0.25, 0.3) is 0 Å². The van der Waals surface area contributed by atoms with Crippen LogP contribution in [0, 0.1) is 0 Å². The highest BCUT2D eigenvalue weighted by Gasteiger charge is 1.85. The van der Waals surface area contributed by atoms with Crippen molar-refractivity contribution in [2.24, 2.45) is 0 Å². The fourth-order valence-corrected chi connectivity index (χ4v) is 2.07. The lowest BCUT2D eigenvalue weighted by atomic mass is 10.1. The summed E-state index contributed by atoms with van der Waals surface area (Å²) in [4.78, 5) is 0. The molecule has 0 heteroatoms. The molecule has 3 rings (SSSR count). The molecule has 0 bridgehead atoms. The molecule has 27 heavy (non-hydrogen) atoms. The van der Waals surface area contributed by atoms with E-state index in [1.165, 1.54) is 42.0 Å². The van der Waals surface area contributed by atoms with E-state index in [4.69, 9.17) is 0 Å². The second-order valence-corrected chi connectivity index (χ2v) is 6.00. The van der Waals surface area contributed by atoms with Crippen LogP contribution in [0.3, 0.4) is 0 Å². The summed E-state index contributed by atoms with van der Waals surface area (Å²) in [6, 6.07) is 27.3. The Balaban J connectivity index is 0. The molecular formula is C27H42. The van der Waals surface area contributed by atoms with Crippen LogP contribution in [0.1, 0.15) is 73.3 Å². The maximum Gasteiger partial charge on any atom is -0.0184 e. The van der Waals surface area contributed by atoms with Crippen LogP contribution in [0.5, 0.6) is 0 Å². The molecule has 0 aromatic heterocycles. The molecule has 0 aliphatic heterocycles. The fourth-order valence-electron chi connectivity index (χ4n) is 2.07. The number of rotatable bonds is 2. The van der Waals surface area contributed by atoms with Crippen molar-refractivity contribution >= 4 is 10.8 Å². The molecule has 0 radical (unpaired) electrons. The second-order valence-electron chi connectivity index (χ2n) is 6.00. The van der Waals surface area contributed by atoms with Crippen molar-refractivity contribution in [1.82, 2.24) is 0 Å². The zero-order chi connectivity index (χ0) is 20.8. The molecule has 0 fully saturated rings. The minimum absolute atomic E-state index is 1.21. The molecule has 0 unspecified atom stereocenters. The monoisotopic (exact) mass is 366 g/mol. The second kappa shape index (κ2) is 22.0. The molecule has 3 aromatic rings. The van der Waals surface area contributed by atoms with Crippen LogP contribution in [0.2, 0.25) is 0 Å². The molecular weight excluding hydrogens is 324 g/mol. The molecule has 3 aromatic carbocycles. The lowest BCUT2D eigenvalue weighted by Gasteiger charge is -1.93. The van der Waals surface area contributed by atoms with E-state index < -0.39 is 0 Å². The predicted molar refractivity (Wildman–Crippen MR) is 128 cm³/mol. The summed E-state index contributed by atoms with van der Waals surface area (Å²) < 4.78 is 0. The van der Waals surface area contributed by atoms with Crippen LogP contribution in [0.4, 0.5) is 0 Å². The first-order valence-electron chi connectivity index (χ1n) is 10.7. The van der Waals surface area contributed by atoms with Crippen LogP contribution in [0.25, 0.3) is 10.8 Å². The first kappa shape index (κ1) is 27.1. The molecule has 0 amide bonds. The van der Waals surface area contributed by atoms with E-state index in [0.717, 1.165) is 0 Å². The zero-order valence-corrected chi connectivity index (χ0v) is 18.8. The summed E-state index contributed by atoms with van der Waals surface area (Å²) in [6.45, 7) is 14.7. The van der Waals surface area contributed by atoms with Gasteiger partial charge in [-0.25, -0.2) is 0 Å². The number of hydrogen-bond donors (Lipinski definition) is 0. The van der Waals surface area contributed by atoms with Crippen LogP contribution in [0.15, 0.2) is 78.9 Å². The smallest absolute Gasteiger partial charge is 0.0184 e. The molecule has 0 atom stereocenters. The van der Waals surface area contributed by atoms with Crippen LogP contribution in [-0.4, -0.2) is 0 Å². The highest BCUT2D eigenvalue weighted by atomic mass is 13.9. The molecule has 150 valence electrons. The fraction of sp³-hybridized carbons (Fsp3) is 0.407. The SMILES string of the molecule is CC.CCC.CCC.CCCc1ccccc1.c1ccc2ccccc2c1. The summed E-state index contributed by atoms with van der Waals surface area (Å²) >= 11 is 0. The third-order valence-electron chi connectivity index (χ3n) is 3.04. The predicted octanol–water partition coefficient (Wildman–Crippen LogP) is 9.34. The van der Waals surface area contributed by atoms with E-state index in [9.17, 15) is 0 Å². The summed E-state index contributed by atoms with van der Waals surface area (Å²) in [5.41, 5.74) is 1.44. The Kier molecular flexibility index (Phi) is 22.1. The van der Waals surface area contributed by atoms with Gasteiger partial charge in [0.15, 0.2) is 0 Å². The van der Waals surface area contributed by atoms with Crippen LogP contribution >= 0.6 is 0 Å². The largest absolute Gasteiger partial charge is 0.0683 e. The Morgan fingerprint density at radius 2 is 0.778 bits per heavy atom. The van der Waals surface area contributed by atoms with Crippen LogP contribution in [-0.2, 0) is 6.42 Å². The summed E-state index contributed by atoms with van der Waals surface area (Å²) in [7, 11) is 0. The van der Waals surface area contributed by atoms with Crippen molar-refractivity contribution in [1.29, 1.82) is 0 Å². The highest BCUT2D eigenvalue weighted by Crippen LogP contribution is 2.11. The van der Waals surface area contributed by atoms with E-state index in [1.807, 2.05) is 13.8 Å². The molecule has 0 saturated heterocycles. The topological polar surface area (TPSA) is 0 Å². The van der Waals surface area contributed by atoms with Crippen molar-refractivity contribution in [3.8, 4) is 0 Å². The molecule has 0 heterocycles. The van der Waals surface area contributed by atoms with Gasteiger partial charge in [-0.2, -0.15) is 0 Å². The maximum atomic E-state index is 2.20. The quantitative estimate of drug-likeness (QED) is 0.423. The molecule has 0 aliphatic carbocycles. The average Bonchev–Trinajstić information content (AvgIpc) is 2.72. The lowest BCUT2D eigenvalue weighted by molar-refractivity contribution is 0.922. The summed E-state index contributed by atoms with van der Waals surface area (Å²) in [5.74, 6) is 0. The standard InChI is InChI=1S/C10H8.C9H12.2C3H8.C2H6/c1-2-6-10-8-4-3-7-9(10)5-1;1-2-6-9-7-4-3-5-8-9;2*1-3-2;1-2/h1-8H;3-5,7-8H,2,6H2,1H3;2*3H2,1-2H3;1-2H3. The van der Waals surface area contributed by atoms with E-state index in [0.29, 0.717) is 0 Å². The summed E-state index contributed by atoms with van der Waals surface area (Å²) in [5, 5.41) is 2.62. The van der Waals surface area contributed by atoms with Gasteiger partial charge in [0, 0.05) is 0 Å². The lowest BCUT2D eigenvalue weighted by Crippen LogP contribution is -1.78. The minimum Gasteiger partial charge on any atom is -0.0683 e. The minimum atomic E-state index is 1.21. The van der Waals surface area contributed by atoms with Gasteiger partial charge in [-0.15, -0.1) is 0 Å². The van der Waals surface area contributed by atoms with Gasteiger partial charge < -0.3 is 0 Å². The van der Waals surface area contributed by atoms with Gasteiger partial charge in [0.2, 0.25) is 0 Å². The number of benzene rings is 3. The summed E-state index contributed by atoms with van der Waals surface area (Å²) in [6.07, 6.45) is 4.95. The van der Waals surface area contributed by atoms with Gasteiger partial charge in [-0.3, -0.25) is 0 Å². The van der Waals surface area contributed by atoms with Crippen molar-refractivity contribution in [3.05, 3.63) is 84.4 Å². The van der Waals surface area contributed by atoms with Crippen molar-refractivity contribution in [3.63, 3.8) is 0 Å². The Hall–Kier alpha value is -2.08. The third-order valence-corrected chi connectivity index (χ3v) is 3.04. The molecule has 0 N–H and O–H groups in total. The van der Waals surface area contributed by atoms with E-state index >= 15 is 0 Å². The molecule has 0 saturated carbocycles. The average molecular weight is 367 g/mol. The maximum absolute atomic E-state index is 2.20. The van der Waals surface area contributed by atoms with Crippen molar-refractivity contribution < 1.29 is 0 Å². The Labute approximate surface area is 169 Å². The molecule has 0 nitrogen and oxygen atoms in total. The van der Waals surface area contributed by atoms with Gasteiger partial charge in [0.1, 0.15) is 0 Å². The molecule has 0 aliphatic rings. The first-order valence-corrected chi connectivity index (χ1v) is 10.7. The Morgan fingerprint density at radius 1 is 0.481 bits per heavy atom. The van der Waals surface area contributed by atoms with Gasteiger partial charge in [0.05, 0.1) is 0 Å². The zero-order valence-electron chi connectivity index (χ0n) is 18.8. The van der Waals surface area contributed by atoms with E-state index in [1.54, 1.807) is 0 Å².